The van der Waals surface area contributed by atoms with E-state index in [1.807, 2.05) is 0 Å². The van der Waals surface area contributed by atoms with E-state index >= 15 is 0 Å². The quantitative estimate of drug-likeness (QED) is 0.457. The Kier molecular flexibility index (Phi) is 5.80. The number of nitrogens with one attached hydrogen (secondary N) is 1. The maximum atomic E-state index is 14.3. The third-order valence-electron chi connectivity index (χ3n) is 13.3. The summed E-state index contributed by atoms with van der Waals surface area (Å²) in [6, 6.07) is 0. The molecule has 0 bridgehead atoms. The third-order valence-corrected chi connectivity index (χ3v) is 13.3. The molecule has 2 N–H and O–H groups in total. The van der Waals surface area contributed by atoms with Crippen molar-refractivity contribution < 1.29 is 19.5 Å². The van der Waals surface area contributed by atoms with Gasteiger partial charge in [0.25, 0.3) is 0 Å². The summed E-state index contributed by atoms with van der Waals surface area (Å²) in [5.74, 6) is 0.832. The van der Waals surface area contributed by atoms with Crippen molar-refractivity contribution in [2.24, 2.45) is 50.2 Å². The first kappa shape index (κ1) is 26.4. The Balaban J connectivity index is 1.59. The zero-order valence-corrected chi connectivity index (χ0v) is 23.9. The fourth-order valence-electron chi connectivity index (χ4n) is 10.6. The maximum absolute atomic E-state index is 14.3. The first-order chi connectivity index (χ1) is 16.6. The van der Waals surface area contributed by atoms with Gasteiger partial charge in [0.2, 0.25) is 5.91 Å². The van der Waals surface area contributed by atoms with Crippen molar-refractivity contribution >= 4 is 11.7 Å². The van der Waals surface area contributed by atoms with Crippen LogP contribution in [0.5, 0.6) is 0 Å². The molecule has 0 aromatic rings. The van der Waals surface area contributed by atoms with Gasteiger partial charge < -0.3 is 5.11 Å². The Morgan fingerprint density at radius 2 is 1.64 bits per heavy atom. The van der Waals surface area contributed by atoms with Crippen molar-refractivity contribution in [3.63, 3.8) is 0 Å². The van der Waals surface area contributed by atoms with E-state index in [2.05, 4.69) is 60.0 Å². The first-order valence-corrected chi connectivity index (χ1v) is 14.4. The van der Waals surface area contributed by atoms with Crippen molar-refractivity contribution in [1.82, 2.24) is 5.48 Å². The average Bonchev–Trinajstić information content (AvgIpc) is 2.79. The van der Waals surface area contributed by atoms with Crippen molar-refractivity contribution in [1.29, 1.82) is 0 Å². The summed E-state index contributed by atoms with van der Waals surface area (Å²) in [6.45, 7) is 16.2. The summed E-state index contributed by atoms with van der Waals surface area (Å²) < 4.78 is 0. The van der Waals surface area contributed by atoms with E-state index < -0.39 is 5.41 Å². The molecule has 0 radical (unpaired) electrons. The fraction of sp³-hybridized carbons (Fsp3) is 0.871. The molecular formula is C31H49NO4. The Labute approximate surface area is 218 Å². The van der Waals surface area contributed by atoms with Crippen LogP contribution in [0.1, 0.15) is 106 Å². The van der Waals surface area contributed by atoms with Crippen molar-refractivity contribution in [3.8, 4) is 0 Å². The van der Waals surface area contributed by atoms with Crippen LogP contribution in [0, 0.1) is 50.2 Å². The number of fused-ring (bicyclic) bond motifs is 7. The van der Waals surface area contributed by atoms with Gasteiger partial charge in [-0.1, -0.05) is 54.0 Å². The van der Waals surface area contributed by atoms with Gasteiger partial charge in [0.05, 0.1) is 13.2 Å². The monoisotopic (exact) mass is 499 g/mol. The molecule has 1 amide bonds. The Morgan fingerprint density at radius 1 is 0.972 bits per heavy atom. The summed E-state index contributed by atoms with van der Waals surface area (Å²) >= 11 is 0. The second-order valence-electron chi connectivity index (χ2n) is 15.3. The molecule has 202 valence electrons. The van der Waals surface area contributed by atoms with E-state index in [9.17, 15) is 14.7 Å². The zero-order valence-electron chi connectivity index (χ0n) is 23.9. The predicted octanol–water partition coefficient (Wildman–Crippen LogP) is 6.01. The van der Waals surface area contributed by atoms with E-state index in [1.165, 1.54) is 12.7 Å². The molecule has 0 spiro atoms. The molecule has 0 aromatic heterocycles. The molecule has 5 aliphatic rings. The number of carbonyl (C=O) groups excluding carboxylic acids is 2. The molecule has 36 heavy (non-hydrogen) atoms. The lowest BCUT2D eigenvalue weighted by Crippen LogP contribution is -2.66. The van der Waals surface area contributed by atoms with Crippen LogP contribution < -0.4 is 5.48 Å². The third kappa shape index (κ3) is 3.20. The molecule has 5 heteroatoms. The van der Waals surface area contributed by atoms with Gasteiger partial charge in [-0.05, 0) is 103 Å². The summed E-state index contributed by atoms with van der Waals surface area (Å²) in [5, 5.41) is 10.9. The van der Waals surface area contributed by atoms with Gasteiger partial charge in [-0.2, -0.15) is 0 Å². The molecule has 1 unspecified atom stereocenters. The number of hydroxylamine groups is 1. The average molecular weight is 500 g/mol. The smallest absolute Gasteiger partial charge is 0.249 e. The molecule has 0 aliphatic heterocycles. The Hall–Kier alpha value is -1.20. The Morgan fingerprint density at radius 3 is 2.31 bits per heavy atom. The van der Waals surface area contributed by atoms with E-state index in [4.69, 9.17) is 4.84 Å². The number of amides is 1. The fourth-order valence-corrected chi connectivity index (χ4v) is 10.6. The highest BCUT2D eigenvalue weighted by molar-refractivity contribution is 5.95. The molecule has 0 aromatic carbocycles. The number of allylic oxidation sites excluding steroid dienone is 2. The van der Waals surface area contributed by atoms with Gasteiger partial charge in [-0.25, -0.2) is 5.48 Å². The summed E-state index contributed by atoms with van der Waals surface area (Å²) in [5.41, 5.74) is 3.13. The normalized spacial score (nSPS) is 51.7. The van der Waals surface area contributed by atoms with Crippen LogP contribution >= 0.6 is 0 Å². The number of carbonyl (C=O) groups is 2. The van der Waals surface area contributed by atoms with Gasteiger partial charge in [-0.15, -0.1) is 0 Å². The minimum atomic E-state index is -0.493. The molecular weight excluding hydrogens is 450 g/mol. The molecule has 5 aliphatic carbocycles. The number of rotatable bonds is 2. The molecule has 0 saturated heterocycles. The van der Waals surface area contributed by atoms with Crippen LogP contribution in [-0.4, -0.2) is 30.0 Å². The summed E-state index contributed by atoms with van der Waals surface area (Å²) in [7, 11) is 1.50. The summed E-state index contributed by atoms with van der Waals surface area (Å²) in [6.07, 6.45) is 10.4. The second kappa shape index (κ2) is 7.91. The summed E-state index contributed by atoms with van der Waals surface area (Å²) in [4.78, 5) is 32.4. The van der Waals surface area contributed by atoms with E-state index in [-0.39, 0.29) is 50.9 Å². The number of aliphatic hydroxyl groups is 1. The molecule has 5 nitrogen and oxygen atoms in total. The predicted molar refractivity (Wildman–Crippen MR) is 141 cm³/mol. The number of hydrogen-bond acceptors (Lipinski definition) is 4. The van der Waals surface area contributed by atoms with Gasteiger partial charge in [0.1, 0.15) is 0 Å². The second-order valence-corrected chi connectivity index (χ2v) is 15.3. The molecule has 4 saturated carbocycles. The van der Waals surface area contributed by atoms with Gasteiger partial charge >= 0.3 is 0 Å². The van der Waals surface area contributed by atoms with Gasteiger partial charge in [-0.3, -0.25) is 14.4 Å². The van der Waals surface area contributed by atoms with Crippen LogP contribution in [-0.2, 0) is 14.4 Å². The minimum absolute atomic E-state index is 0.0135. The highest BCUT2D eigenvalue weighted by Crippen LogP contribution is 2.75. The first-order valence-electron chi connectivity index (χ1n) is 14.4. The van der Waals surface area contributed by atoms with E-state index in [0.717, 1.165) is 57.8 Å². The van der Waals surface area contributed by atoms with E-state index in [0.29, 0.717) is 11.7 Å². The topological polar surface area (TPSA) is 75.6 Å². The number of ketones is 1. The zero-order chi connectivity index (χ0) is 26.5. The van der Waals surface area contributed by atoms with Crippen LogP contribution in [0.3, 0.4) is 0 Å². The molecule has 4 fully saturated rings. The molecule has 9 atom stereocenters. The number of aliphatic hydroxyl groups excluding tert-OH is 1. The highest BCUT2D eigenvalue weighted by atomic mass is 16.6. The van der Waals surface area contributed by atoms with Crippen molar-refractivity contribution in [2.75, 3.05) is 7.11 Å². The maximum Gasteiger partial charge on any atom is 0.249 e. The minimum Gasteiger partial charge on any atom is -0.393 e. The standard InChI is InChI=1S/C31H49NO4/c1-26(2)22-9-12-31(7)24(29(22,5)11-10-23(26)34)21(33)17-19-20-18-28(4,25(35)32-36-8)14-13-27(20,3)15-16-30(19,31)6/h17,20,22-24,34H,9-16,18H2,1-8H3,(H,32,35)/t20-,22?,23-,24-,27-,28+,29+,30-,31-/m1/s1. The SMILES string of the molecule is CONC(=O)[C@@]1(C)CC[C@]2(C)CC[C@]3(C)C(=CC(=O)[C@@H]4[C@@]5(C)CC[C@@H](O)C(C)(C)C5CC[C@]43C)[C@H]2C1. The van der Waals surface area contributed by atoms with Crippen molar-refractivity contribution in [2.45, 2.75) is 112 Å². The number of hydrogen-bond donors (Lipinski definition) is 2. The van der Waals surface area contributed by atoms with Crippen LogP contribution in [0.15, 0.2) is 11.6 Å². The van der Waals surface area contributed by atoms with E-state index in [1.54, 1.807) is 0 Å². The van der Waals surface area contributed by atoms with Gasteiger partial charge in [0, 0.05) is 11.3 Å². The molecule has 0 heterocycles. The lowest BCUT2D eigenvalue weighted by atomic mass is 9.33. The van der Waals surface area contributed by atoms with Crippen LogP contribution in [0.2, 0.25) is 0 Å². The largest absolute Gasteiger partial charge is 0.393 e. The molecule has 5 rings (SSSR count). The highest BCUT2D eigenvalue weighted by Gasteiger charge is 2.70. The van der Waals surface area contributed by atoms with Crippen LogP contribution in [0.25, 0.3) is 0 Å². The van der Waals surface area contributed by atoms with Gasteiger partial charge in [0.15, 0.2) is 5.78 Å². The Bertz CT molecular complexity index is 1000. The van der Waals surface area contributed by atoms with Crippen LogP contribution in [0.4, 0.5) is 0 Å². The van der Waals surface area contributed by atoms with Crippen molar-refractivity contribution in [3.05, 3.63) is 11.6 Å². The lowest BCUT2D eigenvalue weighted by molar-refractivity contribution is -0.202. The lowest BCUT2D eigenvalue weighted by Gasteiger charge is -2.70.